The van der Waals surface area contributed by atoms with Crippen molar-refractivity contribution in [1.82, 2.24) is 5.16 Å². The minimum atomic E-state index is -0.459. The Morgan fingerprint density at radius 2 is 2.19 bits per heavy atom. The van der Waals surface area contributed by atoms with Crippen molar-refractivity contribution < 1.29 is 18.5 Å². The van der Waals surface area contributed by atoms with Crippen molar-refractivity contribution in [3.05, 3.63) is 47.5 Å². The van der Waals surface area contributed by atoms with Gasteiger partial charge in [-0.3, -0.25) is 4.79 Å². The highest BCUT2D eigenvalue weighted by Gasteiger charge is 2.07. The number of carbonyl (C=O) groups is 1. The molecular weight excluding hydrogens is 279 g/mol. The van der Waals surface area contributed by atoms with E-state index in [1.54, 1.807) is 13.0 Å². The van der Waals surface area contributed by atoms with Gasteiger partial charge < -0.3 is 20.4 Å². The molecule has 2 rings (SSSR count). The number of hydrogen-bond acceptors (Lipinski definition) is 5. The number of aromatic nitrogens is 1. The molecule has 110 valence electrons. The molecule has 8 heteroatoms. The van der Waals surface area contributed by atoms with Crippen LogP contribution in [-0.4, -0.2) is 23.5 Å². The second-order valence-electron chi connectivity index (χ2n) is 4.13. The number of amides is 1. The summed E-state index contributed by atoms with van der Waals surface area (Å²) in [6.07, 6.45) is 0. The fourth-order valence-corrected chi connectivity index (χ4v) is 1.44. The van der Waals surface area contributed by atoms with Gasteiger partial charge in [0, 0.05) is 11.6 Å². The van der Waals surface area contributed by atoms with Crippen molar-refractivity contribution in [3.8, 4) is 0 Å². The molecule has 0 aliphatic heterocycles. The van der Waals surface area contributed by atoms with Crippen LogP contribution < -0.4 is 11.1 Å². The van der Waals surface area contributed by atoms with Crippen molar-refractivity contribution >= 4 is 17.6 Å². The number of nitrogens with two attached hydrogens (primary N) is 1. The van der Waals surface area contributed by atoms with Gasteiger partial charge in [-0.1, -0.05) is 10.3 Å². The van der Waals surface area contributed by atoms with Crippen molar-refractivity contribution in [1.29, 1.82) is 0 Å². The summed E-state index contributed by atoms with van der Waals surface area (Å²) in [5.41, 5.74) is 6.12. The third kappa shape index (κ3) is 4.30. The lowest BCUT2D eigenvalue weighted by atomic mass is 10.2. The van der Waals surface area contributed by atoms with E-state index in [2.05, 4.69) is 15.6 Å². The third-order valence-electron chi connectivity index (χ3n) is 2.39. The first-order valence-corrected chi connectivity index (χ1v) is 5.99. The van der Waals surface area contributed by atoms with Crippen LogP contribution in [0, 0.1) is 12.7 Å². The molecule has 0 saturated carbocycles. The zero-order valence-corrected chi connectivity index (χ0v) is 11.2. The molecule has 1 aromatic heterocycles. The lowest BCUT2D eigenvalue weighted by Crippen LogP contribution is -2.19. The zero-order chi connectivity index (χ0) is 15.2. The number of anilines is 1. The van der Waals surface area contributed by atoms with Crippen LogP contribution in [0.25, 0.3) is 0 Å². The molecule has 0 fully saturated rings. The predicted molar refractivity (Wildman–Crippen MR) is 72.9 cm³/mol. The Balaban J connectivity index is 1.83. The normalized spacial score (nSPS) is 11.2. The topological polar surface area (TPSA) is 103 Å². The average molecular weight is 292 g/mol. The fourth-order valence-electron chi connectivity index (χ4n) is 1.44. The molecule has 0 unspecified atom stereocenters. The maximum atomic E-state index is 12.7. The minimum Gasteiger partial charge on any atom is -0.384 e. The van der Waals surface area contributed by atoms with E-state index >= 15 is 0 Å². The number of carbonyl (C=O) groups excluding carboxylic acids is 1. The first-order valence-electron chi connectivity index (χ1n) is 5.99. The van der Waals surface area contributed by atoms with Gasteiger partial charge in [-0.2, -0.15) is 0 Å². The summed E-state index contributed by atoms with van der Waals surface area (Å²) in [6.45, 7) is 1.36. The van der Waals surface area contributed by atoms with Gasteiger partial charge in [0.05, 0.1) is 0 Å². The molecule has 1 aromatic carbocycles. The molecule has 0 saturated heterocycles. The monoisotopic (exact) mass is 292 g/mol. The highest BCUT2D eigenvalue weighted by molar-refractivity contribution is 5.97. The van der Waals surface area contributed by atoms with Gasteiger partial charge in [-0.25, -0.2) is 4.39 Å². The van der Waals surface area contributed by atoms with E-state index in [0.29, 0.717) is 11.3 Å². The van der Waals surface area contributed by atoms with Crippen molar-refractivity contribution in [2.45, 2.75) is 6.92 Å². The van der Waals surface area contributed by atoms with Gasteiger partial charge in [0.1, 0.15) is 11.6 Å². The number of benzene rings is 1. The van der Waals surface area contributed by atoms with E-state index in [1.165, 1.54) is 24.3 Å². The molecule has 0 aliphatic carbocycles. The molecule has 1 heterocycles. The number of amidine groups is 1. The number of nitrogens with one attached hydrogen (secondary N) is 1. The van der Waals surface area contributed by atoms with Crippen molar-refractivity contribution in [2.24, 2.45) is 10.9 Å². The van der Waals surface area contributed by atoms with E-state index in [1.807, 2.05) is 0 Å². The van der Waals surface area contributed by atoms with E-state index in [9.17, 15) is 9.18 Å². The SMILES string of the molecule is Cc1cc(NC(=O)CON=C(N)c2ccc(F)cc2)no1. The first-order chi connectivity index (χ1) is 10.0. The number of aryl methyl sites for hydroxylation is 1. The van der Waals surface area contributed by atoms with E-state index in [0.717, 1.165) is 0 Å². The molecule has 2 aromatic rings. The fraction of sp³-hybridized carbons (Fsp3) is 0.154. The summed E-state index contributed by atoms with van der Waals surface area (Å²) in [6, 6.07) is 6.97. The Morgan fingerprint density at radius 1 is 1.48 bits per heavy atom. The maximum absolute atomic E-state index is 12.7. The van der Waals surface area contributed by atoms with Crippen LogP contribution in [0.2, 0.25) is 0 Å². The molecule has 0 bridgehead atoms. The molecular formula is C13H13FN4O3. The van der Waals surface area contributed by atoms with Crippen LogP contribution in [0.5, 0.6) is 0 Å². The molecule has 7 nitrogen and oxygen atoms in total. The number of rotatable bonds is 5. The lowest BCUT2D eigenvalue weighted by Gasteiger charge is -2.02. The molecule has 3 N–H and O–H groups in total. The Morgan fingerprint density at radius 3 is 2.81 bits per heavy atom. The Bertz CT molecular complexity index is 652. The van der Waals surface area contributed by atoms with Gasteiger partial charge in [0.25, 0.3) is 5.91 Å². The second kappa shape index (κ2) is 6.51. The number of halogens is 1. The van der Waals surface area contributed by atoms with E-state index < -0.39 is 5.91 Å². The molecule has 21 heavy (non-hydrogen) atoms. The van der Waals surface area contributed by atoms with Crippen LogP contribution >= 0.6 is 0 Å². The highest BCUT2D eigenvalue weighted by atomic mass is 19.1. The van der Waals surface area contributed by atoms with Gasteiger partial charge in [0.15, 0.2) is 18.3 Å². The highest BCUT2D eigenvalue weighted by Crippen LogP contribution is 2.06. The summed E-state index contributed by atoms with van der Waals surface area (Å²) in [7, 11) is 0. The molecule has 0 atom stereocenters. The number of nitrogens with zero attached hydrogens (tertiary/aromatic N) is 2. The standard InChI is InChI=1S/C13H13FN4O3/c1-8-6-11(17-21-8)16-12(19)7-20-18-13(15)9-2-4-10(14)5-3-9/h2-6H,7H2,1H3,(H2,15,18)(H,16,17,19). The van der Waals surface area contributed by atoms with Crippen LogP contribution in [0.4, 0.5) is 10.2 Å². The minimum absolute atomic E-state index is 0.0417. The van der Waals surface area contributed by atoms with Gasteiger partial charge in [-0.15, -0.1) is 0 Å². The third-order valence-corrected chi connectivity index (χ3v) is 2.39. The van der Waals surface area contributed by atoms with E-state index in [4.69, 9.17) is 15.1 Å². The Kier molecular flexibility index (Phi) is 4.50. The smallest absolute Gasteiger partial charge is 0.266 e. The summed E-state index contributed by atoms with van der Waals surface area (Å²) in [4.78, 5) is 16.3. The largest absolute Gasteiger partial charge is 0.384 e. The van der Waals surface area contributed by atoms with Gasteiger partial charge in [-0.05, 0) is 31.2 Å². The molecule has 0 spiro atoms. The van der Waals surface area contributed by atoms with Crippen molar-refractivity contribution in [3.63, 3.8) is 0 Å². The van der Waals surface area contributed by atoms with Gasteiger partial charge in [0.2, 0.25) is 0 Å². The Labute approximate surface area is 119 Å². The maximum Gasteiger partial charge on any atom is 0.266 e. The molecule has 0 aliphatic rings. The molecule has 1 amide bonds. The summed E-state index contributed by atoms with van der Waals surface area (Å²) in [5.74, 6) is 0.0650. The Hall–Kier alpha value is -2.90. The summed E-state index contributed by atoms with van der Waals surface area (Å²) in [5, 5.41) is 9.63. The lowest BCUT2D eigenvalue weighted by molar-refractivity contribution is -0.120. The van der Waals surface area contributed by atoms with Crippen LogP contribution in [0.1, 0.15) is 11.3 Å². The summed E-state index contributed by atoms with van der Waals surface area (Å²) >= 11 is 0. The average Bonchev–Trinajstić information content (AvgIpc) is 2.84. The quantitative estimate of drug-likeness (QED) is 0.492. The predicted octanol–water partition coefficient (Wildman–Crippen LogP) is 1.40. The van der Waals surface area contributed by atoms with Crippen LogP contribution in [0.15, 0.2) is 40.0 Å². The van der Waals surface area contributed by atoms with Gasteiger partial charge >= 0.3 is 0 Å². The van der Waals surface area contributed by atoms with Crippen LogP contribution in [-0.2, 0) is 9.63 Å². The molecule has 0 radical (unpaired) electrons. The van der Waals surface area contributed by atoms with Crippen molar-refractivity contribution in [2.75, 3.05) is 11.9 Å². The first kappa shape index (κ1) is 14.5. The van der Waals surface area contributed by atoms with E-state index in [-0.39, 0.29) is 24.1 Å². The number of hydrogen-bond donors (Lipinski definition) is 2. The summed E-state index contributed by atoms with van der Waals surface area (Å²) < 4.78 is 17.5. The zero-order valence-electron chi connectivity index (χ0n) is 11.2. The van der Waals surface area contributed by atoms with Crippen LogP contribution in [0.3, 0.4) is 0 Å². The number of oxime groups is 1. The second-order valence-corrected chi connectivity index (χ2v) is 4.13.